The highest BCUT2D eigenvalue weighted by atomic mass is 32.1. The van der Waals surface area contributed by atoms with Crippen LogP contribution in [0.15, 0.2) is 84.0 Å². The van der Waals surface area contributed by atoms with Crippen LogP contribution in [-0.2, 0) is 6.61 Å². The lowest BCUT2D eigenvalue weighted by molar-refractivity contribution is 0.302. The van der Waals surface area contributed by atoms with E-state index in [1.54, 1.807) is 18.6 Å². The molecule has 0 unspecified atom stereocenters. The van der Waals surface area contributed by atoms with Gasteiger partial charge in [0.1, 0.15) is 12.3 Å². The predicted molar refractivity (Wildman–Crippen MR) is 138 cm³/mol. The van der Waals surface area contributed by atoms with Gasteiger partial charge in [-0.2, -0.15) is 0 Å². The number of hydrogen-bond donors (Lipinski definition) is 1. The average molecular weight is 478 g/mol. The molecule has 0 aliphatic heterocycles. The molecule has 0 saturated carbocycles. The van der Waals surface area contributed by atoms with E-state index in [4.69, 9.17) is 14.7 Å². The summed E-state index contributed by atoms with van der Waals surface area (Å²) < 4.78 is 5.82. The summed E-state index contributed by atoms with van der Waals surface area (Å²) in [5, 5.41) is 1.90. The molecule has 2 aromatic carbocycles. The second-order valence-electron chi connectivity index (χ2n) is 8.03. The Balaban J connectivity index is 1.51. The number of H-pyrrole nitrogens is 1. The van der Waals surface area contributed by atoms with Gasteiger partial charge in [0, 0.05) is 29.5 Å². The highest BCUT2D eigenvalue weighted by Gasteiger charge is 2.19. The number of aromatic nitrogens is 5. The minimum atomic E-state index is -0.307. The Morgan fingerprint density at radius 1 is 0.971 bits per heavy atom. The number of thiazole rings is 1. The van der Waals surface area contributed by atoms with Crippen molar-refractivity contribution in [1.82, 2.24) is 24.9 Å². The highest BCUT2D eigenvalue weighted by molar-refractivity contribution is 7.15. The minimum absolute atomic E-state index is 0.200. The molecular formula is C27H19N5O2S. The topological polar surface area (TPSA) is 93.7 Å². The number of ether oxygens (including phenoxy) is 1. The Morgan fingerprint density at radius 2 is 1.86 bits per heavy atom. The van der Waals surface area contributed by atoms with Gasteiger partial charge in [-0.3, -0.25) is 9.78 Å². The van der Waals surface area contributed by atoms with Gasteiger partial charge in [-0.15, -0.1) is 11.3 Å². The highest BCUT2D eigenvalue weighted by Crippen LogP contribution is 2.34. The van der Waals surface area contributed by atoms with E-state index in [1.807, 2.05) is 67.6 Å². The number of rotatable bonds is 5. The number of aryl methyl sites for hydroxylation is 1. The Morgan fingerprint density at radius 3 is 2.69 bits per heavy atom. The number of benzene rings is 2. The molecule has 8 heteroatoms. The quantitative estimate of drug-likeness (QED) is 0.350. The van der Waals surface area contributed by atoms with Crippen molar-refractivity contribution in [3.05, 3.63) is 100 Å². The van der Waals surface area contributed by atoms with E-state index in [2.05, 4.69) is 15.0 Å². The molecule has 4 heterocycles. The number of pyridine rings is 2. The van der Waals surface area contributed by atoms with Crippen LogP contribution >= 0.6 is 11.3 Å². The monoisotopic (exact) mass is 477 g/mol. The van der Waals surface area contributed by atoms with Crippen LogP contribution in [0, 0.1) is 6.92 Å². The van der Waals surface area contributed by atoms with Gasteiger partial charge < -0.3 is 9.72 Å². The first-order chi connectivity index (χ1) is 17.2. The molecule has 4 aromatic heterocycles. The molecule has 0 aliphatic rings. The molecule has 0 saturated heterocycles. The van der Waals surface area contributed by atoms with Gasteiger partial charge in [-0.1, -0.05) is 42.5 Å². The van der Waals surface area contributed by atoms with Crippen LogP contribution in [0.2, 0.25) is 0 Å². The van der Waals surface area contributed by atoms with Crippen molar-refractivity contribution in [1.29, 1.82) is 0 Å². The maximum atomic E-state index is 13.3. The van der Waals surface area contributed by atoms with E-state index in [-0.39, 0.29) is 23.3 Å². The molecule has 0 amide bonds. The number of nitrogens with zero attached hydrogens (tertiary/aromatic N) is 4. The Labute approximate surface area is 204 Å². The van der Waals surface area contributed by atoms with Crippen LogP contribution in [-0.4, -0.2) is 24.9 Å². The lowest BCUT2D eigenvalue weighted by atomic mass is 10.1. The second kappa shape index (κ2) is 8.73. The van der Waals surface area contributed by atoms with E-state index in [0.717, 1.165) is 31.9 Å². The molecule has 6 rings (SSSR count). The third-order valence-electron chi connectivity index (χ3n) is 5.64. The summed E-state index contributed by atoms with van der Waals surface area (Å²) in [5.41, 5.74) is 4.29. The van der Waals surface area contributed by atoms with Gasteiger partial charge in [0.2, 0.25) is 0 Å². The van der Waals surface area contributed by atoms with E-state index >= 15 is 0 Å². The third-order valence-corrected chi connectivity index (χ3v) is 6.56. The average Bonchev–Trinajstić information content (AvgIpc) is 3.34. The molecule has 1 N–H and O–H groups in total. The molecule has 6 aromatic rings. The van der Waals surface area contributed by atoms with E-state index in [9.17, 15) is 4.79 Å². The Bertz CT molecular complexity index is 1740. The van der Waals surface area contributed by atoms with Gasteiger partial charge in [-0.05, 0) is 30.7 Å². The summed E-state index contributed by atoms with van der Waals surface area (Å²) in [6.45, 7) is 2.23. The van der Waals surface area contributed by atoms with Crippen LogP contribution in [0.5, 0.6) is 5.75 Å². The van der Waals surface area contributed by atoms with E-state index in [1.165, 1.54) is 11.3 Å². The maximum Gasteiger partial charge on any atom is 0.251 e. The summed E-state index contributed by atoms with van der Waals surface area (Å²) in [5.74, 6) is 0.200. The standard InChI is InChI=1S/C27H19N5O2S/c1-16-29-14-22(35-16)24-23(19-9-10-20-18(12-19)8-5-11-28-20)31-25-26(33)21(13-30-27(25)32-24)34-15-17-6-3-2-4-7-17/h2-14H,15H2,1H3,(H,30,32,33). The largest absolute Gasteiger partial charge is 0.483 e. The number of aromatic amines is 1. The summed E-state index contributed by atoms with van der Waals surface area (Å²) in [7, 11) is 0. The lowest BCUT2D eigenvalue weighted by Gasteiger charge is -2.11. The van der Waals surface area contributed by atoms with Crippen molar-refractivity contribution in [3.63, 3.8) is 0 Å². The van der Waals surface area contributed by atoms with Crippen molar-refractivity contribution >= 4 is 33.4 Å². The summed E-state index contributed by atoms with van der Waals surface area (Å²) in [6, 6.07) is 19.5. The van der Waals surface area contributed by atoms with Gasteiger partial charge >= 0.3 is 0 Å². The summed E-state index contributed by atoms with van der Waals surface area (Å²) in [4.78, 5) is 35.7. The van der Waals surface area contributed by atoms with E-state index < -0.39 is 0 Å². The SMILES string of the molecule is Cc1ncc(-c2nc3[nH]cc(OCc4ccccc4)c(=O)c3nc2-c2ccc3ncccc3c2)s1. The number of nitrogens with one attached hydrogen (secondary N) is 1. The van der Waals surface area contributed by atoms with Gasteiger partial charge in [0.25, 0.3) is 5.43 Å². The number of hydrogen-bond acceptors (Lipinski definition) is 7. The number of fused-ring (bicyclic) bond motifs is 2. The lowest BCUT2D eigenvalue weighted by Crippen LogP contribution is -2.12. The van der Waals surface area contributed by atoms with Crippen LogP contribution in [0.4, 0.5) is 0 Å². The molecule has 35 heavy (non-hydrogen) atoms. The zero-order valence-electron chi connectivity index (χ0n) is 18.7. The van der Waals surface area contributed by atoms with Crippen molar-refractivity contribution in [2.75, 3.05) is 0 Å². The summed E-state index contributed by atoms with van der Waals surface area (Å²) >= 11 is 1.53. The fourth-order valence-electron chi connectivity index (χ4n) is 3.92. The molecule has 7 nitrogen and oxygen atoms in total. The van der Waals surface area contributed by atoms with Crippen LogP contribution in [0.1, 0.15) is 10.6 Å². The summed E-state index contributed by atoms with van der Waals surface area (Å²) in [6.07, 6.45) is 5.10. The zero-order chi connectivity index (χ0) is 23.8. The fourth-order valence-corrected chi connectivity index (χ4v) is 4.69. The van der Waals surface area contributed by atoms with Crippen molar-refractivity contribution in [3.8, 4) is 27.6 Å². The smallest absolute Gasteiger partial charge is 0.251 e. The zero-order valence-corrected chi connectivity index (χ0v) is 19.5. The molecule has 0 radical (unpaired) electrons. The van der Waals surface area contributed by atoms with Gasteiger partial charge in [0.15, 0.2) is 16.9 Å². The molecule has 0 aliphatic carbocycles. The third kappa shape index (κ3) is 4.04. The van der Waals surface area contributed by atoms with Crippen molar-refractivity contribution < 1.29 is 4.74 Å². The Kier molecular flexibility index (Phi) is 5.27. The van der Waals surface area contributed by atoms with Crippen molar-refractivity contribution in [2.45, 2.75) is 13.5 Å². The van der Waals surface area contributed by atoms with Gasteiger partial charge in [-0.25, -0.2) is 15.0 Å². The Hall–Kier alpha value is -4.43. The first kappa shape index (κ1) is 21.1. The maximum absolute atomic E-state index is 13.3. The molecule has 0 fully saturated rings. The predicted octanol–water partition coefficient (Wildman–Crippen LogP) is 5.54. The fraction of sp³-hybridized carbons (Fsp3) is 0.0741. The minimum Gasteiger partial charge on any atom is -0.483 e. The molecule has 0 spiro atoms. The first-order valence-electron chi connectivity index (χ1n) is 11.0. The molecule has 0 atom stereocenters. The van der Waals surface area contributed by atoms with Crippen LogP contribution < -0.4 is 10.2 Å². The van der Waals surface area contributed by atoms with Crippen molar-refractivity contribution in [2.24, 2.45) is 0 Å². The second-order valence-corrected chi connectivity index (χ2v) is 9.26. The molecule has 0 bridgehead atoms. The molecular weight excluding hydrogens is 458 g/mol. The van der Waals surface area contributed by atoms with E-state index in [0.29, 0.717) is 17.0 Å². The van der Waals surface area contributed by atoms with Crippen LogP contribution in [0.25, 0.3) is 43.9 Å². The first-order valence-corrected chi connectivity index (χ1v) is 11.9. The van der Waals surface area contributed by atoms with Gasteiger partial charge in [0.05, 0.1) is 21.1 Å². The molecule has 170 valence electrons. The normalized spacial score (nSPS) is 11.2. The van der Waals surface area contributed by atoms with Crippen LogP contribution in [0.3, 0.4) is 0 Å².